The minimum atomic E-state index is -3.19. The highest BCUT2D eigenvalue weighted by atomic mass is 32.2. The van der Waals surface area contributed by atoms with Crippen molar-refractivity contribution in [2.75, 3.05) is 19.3 Å². The Bertz CT molecular complexity index is 638. The van der Waals surface area contributed by atoms with Crippen molar-refractivity contribution in [2.24, 2.45) is 5.41 Å². The van der Waals surface area contributed by atoms with Gasteiger partial charge in [0.05, 0.1) is 11.0 Å². The van der Waals surface area contributed by atoms with Crippen molar-refractivity contribution in [2.45, 2.75) is 37.6 Å². The van der Waals surface area contributed by atoms with Crippen LogP contribution in [-0.2, 0) is 16.4 Å². The van der Waals surface area contributed by atoms with Gasteiger partial charge in [-0.15, -0.1) is 0 Å². The van der Waals surface area contributed by atoms with Crippen LogP contribution in [0, 0.1) is 16.7 Å². The zero-order chi connectivity index (χ0) is 15.5. The molecule has 2 rings (SSSR count). The van der Waals surface area contributed by atoms with Crippen LogP contribution in [0.5, 0.6) is 0 Å². The number of rotatable bonds is 4. The summed E-state index contributed by atoms with van der Waals surface area (Å²) in [5.41, 5.74) is 0.977. The molecule has 114 valence electrons. The van der Waals surface area contributed by atoms with Crippen LogP contribution in [0.1, 0.15) is 31.7 Å². The number of hydrogen-bond donors (Lipinski definition) is 0. The maximum Gasteiger partial charge on any atom is 0.175 e. The maximum atomic E-state index is 11.8. The van der Waals surface area contributed by atoms with Gasteiger partial charge in [-0.3, -0.25) is 4.90 Å². The lowest BCUT2D eigenvalue weighted by Crippen LogP contribution is -2.38. The van der Waals surface area contributed by atoms with Crippen molar-refractivity contribution in [3.05, 3.63) is 29.8 Å². The highest BCUT2D eigenvalue weighted by Gasteiger charge is 2.30. The van der Waals surface area contributed by atoms with Crippen LogP contribution in [0.2, 0.25) is 0 Å². The van der Waals surface area contributed by atoms with E-state index in [9.17, 15) is 8.42 Å². The molecule has 1 aliphatic heterocycles. The van der Waals surface area contributed by atoms with Crippen LogP contribution in [0.4, 0.5) is 0 Å². The van der Waals surface area contributed by atoms with Crippen LogP contribution in [-0.4, -0.2) is 32.7 Å². The Morgan fingerprint density at radius 2 is 1.90 bits per heavy atom. The first-order chi connectivity index (χ1) is 9.84. The molecule has 1 aliphatic rings. The van der Waals surface area contributed by atoms with Crippen molar-refractivity contribution in [3.63, 3.8) is 0 Å². The number of sulfone groups is 1. The molecule has 0 bridgehead atoms. The van der Waals surface area contributed by atoms with E-state index in [-0.39, 0.29) is 5.41 Å². The van der Waals surface area contributed by atoms with Crippen LogP contribution in [0.15, 0.2) is 29.2 Å². The molecule has 0 unspecified atom stereocenters. The van der Waals surface area contributed by atoms with E-state index in [1.54, 1.807) is 12.1 Å². The monoisotopic (exact) mass is 306 g/mol. The lowest BCUT2D eigenvalue weighted by Gasteiger charge is -2.38. The first kappa shape index (κ1) is 16.0. The molecular formula is C16H22N2O2S. The molecule has 4 nitrogen and oxygen atoms in total. The SMILES string of the molecule is CC1(CC#N)CCN(Cc2ccccc2S(C)(=O)=O)CC1. The summed E-state index contributed by atoms with van der Waals surface area (Å²) in [6, 6.07) is 9.48. The topological polar surface area (TPSA) is 61.2 Å². The van der Waals surface area contributed by atoms with Gasteiger partial charge in [-0.05, 0) is 43.0 Å². The summed E-state index contributed by atoms with van der Waals surface area (Å²) < 4.78 is 23.7. The van der Waals surface area contributed by atoms with Crippen LogP contribution < -0.4 is 0 Å². The van der Waals surface area contributed by atoms with E-state index in [4.69, 9.17) is 5.26 Å². The summed E-state index contributed by atoms with van der Waals surface area (Å²) in [5, 5.41) is 8.88. The summed E-state index contributed by atoms with van der Waals surface area (Å²) in [4.78, 5) is 2.71. The standard InChI is InChI=1S/C16H22N2O2S/c1-16(7-10-17)8-11-18(12-9-16)13-14-5-3-4-6-15(14)21(2,19)20/h3-6H,7-9,11-13H2,1-2H3. The van der Waals surface area contributed by atoms with Gasteiger partial charge in [0.1, 0.15) is 0 Å². The molecule has 0 radical (unpaired) electrons. The second-order valence-electron chi connectivity index (χ2n) is 6.30. The van der Waals surface area contributed by atoms with E-state index in [1.807, 2.05) is 12.1 Å². The van der Waals surface area contributed by atoms with Gasteiger partial charge in [0.2, 0.25) is 0 Å². The van der Waals surface area contributed by atoms with E-state index in [0.29, 0.717) is 17.9 Å². The average Bonchev–Trinajstić information content (AvgIpc) is 2.41. The Morgan fingerprint density at radius 3 is 2.48 bits per heavy atom. The minimum absolute atomic E-state index is 0.113. The van der Waals surface area contributed by atoms with E-state index < -0.39 is 9.84 Å². The molecule has 0 atom stereocenters. The predicted octanol–water partition coefficient (Wildman–Crippen LogP) is 2.61. The Balaban J connectivity index is 2.07. The summed E-state index contributed by atoms with van der Waals surface area (Å²) in [5.74, 6) is 0. The Labute approximate surface area is 127 Å². The zero-order valence-corrected chi connectivity index (χ0v) is 13.5. The molecule has 1 aromatic carbocycles. The number of piperidine rings is 1. The molecule has 0 amide bonds. The Morgan fingerprint density at radius 1 is 1.29 bits per heavy atom. The molecule has 1 saturated heterocycles. The predicted molar refractivity (Wildman–Crippen MR) is 82.4 cm³/mol. The lowest BCUT2D eigenvalue weighted by atomic mass is 9.78. The third kappa shape index (κ3) is 4.05. The van der Waals surface area contributed by atoms with Gasteiger partial charge in [0.25, 0.3) is 0 Å². The molecule has 1 fully saturated rings. The molecule has 1 aromatic rings. The van der Waals surface area contributed by atoms with Gasteiger partial charge in [0, 0.05) is 19.2 Å². The second-order valence-corrected chi connectivity index (χ2v) is 8.29. The van der Waals surface area contributed by atoms with Crippen LogP contribution >= 0.6 is 0 Å². The van der Waals surface area contributed by atoms with Crippen molar-refractivity contribution >= 4 is 9.84 Å². The Hall–Kier alpha value is -1.38. The first-order valence-electron chi connectivity index (χ1n) is 7.21. The number of nitriles is 1. The molecule has 0 saturated carbocycles. The van der Waals surface area contributed by atoms with Gasteiger partial charge >= 0.3 is 0 Å². The van der Waals surface area contributed by atoms with Crippen molar-refractivity contribution in [1.29, 1.82) is 5.26 Å². The average molecular weight is 306 g/mol. The molecule has 0 aliphatic carbocycles. The summed E-state index contributed by atoms with van der Waals surface area (Å²) >= 11 is 0. The van der Waals surface area contributed by atoms with Gasteiger partial charge in [-0.25, -0.2) is 8.42 Å². The fourth-order valence-electron chi connectivity index (χ4n) is 2.86. The molecule has 0 N–H and O–H groups in total. The fraction of sp³-hybridized carbons (Fsp3) is 0.562. The summed E-state index contributed by atoms with van der Waals surface area (Å²) in [6.45, 7) is 4.65. The molecule has 1 heterocycles. The minimum Gasteiger partial charge on any atom is -0.299 e. The normalized spacial score (nSPS) is 19.1. The largest absolute Gasteiger partial charge is 0.299 e. The highest BCUT2D eigenvalue weighted by molar-refractivity contribution is 7.90. The van der Waals surface area contributed by atoms with E-state index in [1.165, 1.54) is 6.26 Å². The van der Waals surface area contributed by atoms with E-state index in [2.05, 4.69) is 17.9 Å². The first-order valence-corrected chi connectivity index (χ1v) is 9.10. The third-order valence-electron chi connectivity index (χ3n) is 4.34. The maximum absolute atomic E-state index is 11.8. The summed E-state index contributed by atoms with van der Waals surface area (Å²) in [6.07, 6.45) is 3.83. The fourth-order valence-corrected chi connectivity index (χ4v) is 3.79. The Kier molecular flexibility index (Phi) is 4.70. The van der Waals surface area contributed by atoms with E-state index >= 15 is 0 Å². The smallest absolute Gasteiger partial charge is 0.175 e. The van der Waals surface area contributed by atoms with Crippen molar-refractivity contribution in [3.8, 4) is 6.07 Å². The number of hydrogen-bond acceptors (Lipinski definition) is 4. The van der Waals surface area contributed by atoms with Gasteiger partial charge in [0.15, 0.2) is 9.84 Å². The van der Waals surface area contributed by atoms with Gasteiger partial charge < -0.3 is 0 Å². The molecule has 21 heavy (non-hydrogen) atoms. The van der Waals surface area contributed by atoms with Gasteiger partial charge in [-0.1, -0.05) is 25.1 Å². The van der Waals surface area contributed by atoms with Crippen LogP contribution in [0.25, 0.3) is 0 Å². The third-order valence-corrected chi connectivity index (χ3v) is 5.53. The van der Waals surface area contributed by atoms with Crippen molar-refractivity contribution in [1.82, 2.24) is 4.90 Å². The zero-order valence-electron chi connectivity index (χ0n) is 12.7. The van der Waals surface area contributed by atoms with Gasteiger partial charge in [-0.2, -0.15) is 5.26 Å². The van der Waals surface area contributed by atoms with Crippen LogP contribution in [0.3, 0.4) is 0 Å². The number of benzene rings is 1. The van der Waals surface area contributed by atoms with E-state index in [0.717, 1.165) is 31.5 Å². The molecule has 5 heteroatoms. The molecule has 0 aromatic heterocycles. The summed E-state index contributed by atoms with van der Waals surface area (Å²) in [7, 11) is -3.19. The number of likely N-dealkylation sites (tertiary alicyclic amines) is 1. The number of nitrogens with zero attached hydrogens (tertiary/aromatic N) is 2. The van der Waals surface area contributed by atoms with Crippen molar-refractivity contribution < 1.29 is 8.42 Å². The lowest BCUT2D eigenvalue weighted by molar-refractivity contribution is 0.115. The highest BCUT2D eigenvalue weighted by Crippen LogP contribution is 2.34. The molecule has 0 spiro atoms. The quantitative estimate of drug-likeness (QED) is 0.858. The molecular weight excluding hydrogens is 284 g/mol. The second kappa shape index (κ2) is 6.17.